The fourth-order valence-corrected chi connectivity index (χ4v) is 5.49. The first-order chi connectivity index (χ1) is 18.7. The lowest BCUT2D eigenvalue weighted by molar-refractivity contribution is -0.135. The van der Waals surface area contributed by atoms with Crippen LogP contribution in [0, 0.1) is 0 Å². The third-order valence-corrected chi connectivity index (χ3v) is 7.73. The Morgan fingerprint density at radius 3 is 2.31 bits per heavy atom. The van der Waals surface area contributed by atoms with Crippen LogP contribution in [0.15, 0.2) is 55.0 Å². The molecule has 0 aliphatic carbocycles. The van der Waals surface area contributed by atoms with E-state index in [1.54, 1.807) is 48.7 Å². The number of hydrogen-bond acceptors (Lipinski definition) is 7. The molecule has 0 bridgehead atoms. The number of nitrogens with zero attached hydrogens (tertiary/aromatic N) is 3. The fraction of sp³-hybridized carbons (Fsp3) is 0.308. The zero-order valence-corrected chi connectivity index (χ0v) is 23.3. The first-order valence-electron chi connectivity index (χ1n) is 11.8. The predicted molar refractivity (Wildman–Crippen MR) is 148 cm³/mol. The molecule has 1 aliphatic rings. The summed E-state index contributed by atoms with van der Waals surface area (Å²) in [5, 5.41) is 14.0. The predicted octanol–water partition coefficient (Wildman–Crippen LogP) is 6.03. The van der Waals surface area contributed by atoms with E-state index >= 15 is 0 Å². The van der Waals surface area contributed by atoms with Crippen molar-refractivity contribution >= 4 is 63.3 Å². The number of anilines is 1. The second-order valence-corrected chi connectivity index (χ2v) is 10.8. The zero-order chi connectivity index (χ0) is 27.7. The monoisotopic (exact) mass is 614 g/mol. The Bertz CT molecular complexity index is 1490. The normalized spacial score (nSPS) is 23.1. The Balaban J connectivity index is 1.43. The van der Waals surface area contributed by atoms with Crippen molar-refractivity contribution in [2.45, 2.75) is 37.3 Å². The average molecular weight is 616 g/mol. The van der Waals surface area contributed by atoms with E-state index in [-0.39, 0.29) is 25.6 Å². The van der Waals surface area contributed by atoms with E-state index in [0.29, 0.717) is 42.3 Å². The molecule has 2 aromatic heterocycles. The first-order valence-corrected chi connectivity index (χ1v) is 13.3. The number of nitrogen functional groups attached to an aromatic ring is 1. The molecule has 2 aromatic carbocycles. The number of benzene rings is 2. The molecule has 1 aliphatic heterocycles. The topological polar surface area (TPSA) is 105 Å². The minimum Gasteiger partial charge on any atom is -0.383 e. The van der Waals surface area contributed by atoms with Crippen molar-refractivity contribution in [2.75, 3.05) is 19.0 Å². The maximum atomic E-state index is 14.8. The Morgan fingerprint density at radius 2 is 1.67 bits per heavy atom. The number of rotatable bonds is 9. The summed E-state index contributed by atoms with van der Waals surface area (Å²) >= 11 is 24.6. The standard InChI is InChI=1S/C26H23Cl4FN4O4/c27-16-3-1-14(19(29)7-16)9-37-11-21-22(38-10-15-2-4-17(28)8-20(15)30)26(36,12-31)25(39-21)35-6-5-18-23(32)33-13-34-24(18)35/h1-8,13,21-22,25,36H,9-12H2,(H2,32,33,34)/t21-,22-,25?,26-/m1/s1. The van der Waals surface area contributed by atoms with Crippen molar-refractivity contribution in [2.24, 2.45) is 0 Å². The van der Waals surface area contributed by atoms with Gasteiger partial charge in [0, 0.05) is 26.3 Å². The molecule has 5 rings (SSSR count). The highest BCUT2D eigenvalue weighted by Crippen LogP contribution is 2.43. The van der Waals surface area contributed by atoms with Gasteiger partial charge in [0.15, 0.2) is 11.8 Å². The summed E-state index contributed by atoms with van der Waals surface area (Å²) in [4.78, 5) is 8.24. The molecule has 4 atom stereocenters. The van der Waals surface area contributed by atoms with Crippen molar-refractivity contribution in [3.8, 4) is 0 Å². The molecule has 39 heavy (non-hydrogen) atoms. The number of aromatic nitrogens is 3. The molecule has 4 aromatic rings. The summed E-state index contributed by atoms with van der Waals surface area (Å²) in [6, 6.07) is 11.6. The van der Waals surface area contributed by atoms with Crippen molar-refractivity contribution in [3.05, 3.63) is 86.2 Å². The van der Waals surface area contributed by atoms with Gasteiger partial charge in [-0.3, -0.25) is 0 Å². The number of aliphatic hydroxyl groups is 1. The highest BCUT2D eigenvalue weighted by Gasteiger charge is 2.58. The van der Waals surface area contributed by atoms with Gasteiger partial charge in [-0.05, 0) is 41.5 Å². The molecule has 0 saturated carbocycles. The van der Waals surface area contributed by atoms with Crippen LogP contribution in [0.3, 0.4) is 0 Å². The number of alkyl halides is 1. The van der Waals surface area contributed by atoms with E-state index in [1.165, 1.54) is 10.9 Å². The fourth-order valence-electron chi connectivity index (χ4n) is 4.57. The Morgan fingerprint density at radius 1 is 1.00 bits per heavy atom. The molecule has 8 nitrogen and oxygen atoms in total. The molecular formula is C26H23Cl4FN4O4. The van der Waals surface area contributed by atoms with E-state index in [4.69, 9.17) is 66.3 Å². The van der Waals surface area contributed by atoms with Crippen LogP contribution in [0.25, 0.3) is 11.0 Å². The molecule has 206 valence electrons. The van der Waals surface area contributed by atoms with Crippen LogP contribution < -0.4 is 5.73 Å². The Labute approximate surface area is 243 Å². The average Bonchev–Trinajstić information content (AvgIpc) is 3.45. The van der Waals surface area contributed by atoms with Crippen molar-refractivity contribution in [1.82, 2.24) is 14.5 Å². The van der Waals surface area contributed by atoms with Gasteiger partial charge in [0.2, 0.25) is 0 Å². The molecule has 1 unspecified atom stereocenters. The molecule has 0 spiro atoms. The van der Waals surface area contributed by atoms with Crippen LogP contribution in [0.4, 0.5) is 10.2 Å². The number of nitrogens with two attached hydrogens (primary N) is 1. The number of hydrogen-bond donors (Lipinski definition) is 2. The van der Waals surface area contributed by atoms with Gasteiger partial charge in [0.05, 0.1) is 25.2 Å². The molecular weight excluding hydrogens is 593 g/mol. The zero-order valence-electron chi connectivity index (χ0n) is 20.2. The second kappa shape index (κ2) is 11.7. The van der Waals surface area contributed by atoms with Crippen molar-refractivity contribution in [1.29, 1.82) is 0 Å². The molecule has 0 amide bonds. The van der Waals surface area contributed by atoms with Gasteiger partial charge in [-0.2, -0.15) is 0 Å². The molecule has 13 heteroatoms. The van der Waals surface area contributed by atoms with E-state index in [0.717, 1.165) is 0 Å². The lowest BCUT2D eigenvalue weighted by Gasteiger charge is -2.32. The SMILES string of the molecule is Nc1ncnc2c1ccn2C1O[C@H](COCc2ccc(Cl)cc2Cl)[C@@H](OCc2ccc(Cl)cc2Cl)[C@]1(O)CF. The Kier molecular flexibility index (Phi) is 8.51. The van der Waals surface area contributed by atoms with Gasteiger partial charge in [0.1, 0.15) is 36.7 Å². The van der Waals surface area contributed by atoms with Crippen LogP contribution in [-0.4, -0.2) is 50.7 Å². The highest BCUT2D eigenvalue weighted by atomic mass is 35.5. The van der Waals surface area contributed by atoms with Gasteiger partial charge in [-0.1, -0.05) is 58.5 Å². The van der Waals surface area contributed by atoms with Crippen molar-refractivity contribution in [3.63, 3.8) is 0 Å². The number of halogens is 5. The summed E-state index contributed by atoms with van der Waals surface area (Å²) in [5.41, 5.74) is 5.53. The third-order valence-electron chi connectivity index (χ3n) is 6.56. The smallest absolute Gasteiger partial charge is 0.170 e. The van der Waals surface area contributed by atoms with E-state index in [9.17, 15) is 9.50 Å². The van der Waals surface area contributed by atoms with Crippen LogP contribution >= 0.6 is 46.4 Å². The van der Waals surface area contributed by atoms with Crippen molar-refractivity contribution < 1.29 is 23.7 Å². The van der Waals surface area contributed by atoms with E-state index in [2.05, 4.69) is 9.97 Å². The highest BCUT2D eigenvalue weighted by molar-refractivity contribution is 6.35. The largest absolute Gasteiger partial charge is 0.383 e. The summed E-state index contributed by atoms with van der Waals surface area (Å²) in [6.45, 7) is -1.15. The maximum absolute atomic E-state index is 14.8. The maximum Gasteiger partial charge on any atom is 0.170 e. The summed E-state index contributed by atoms with van der Waals surface area (Å²) < 4.78 is 34.5. The van der Waals surface area contributed by atoms with Gasteiger partial charge < -0.3 is 29.6 Å². The molecule has 1 saturated heterocycles. The van der Waals surface area contributed by atoms with Gasteiger partial charge in [0.25, 0.3) is 0 Å². The summed E-state index contributed by atoms with van der Waals surface area (Å²) in [7, 11) is 0. The molecule has 0 radical (unpaired) electrons. The second-order valence-electron chi connectivity index (χ2n) is 9.09. The van der Waals surface area contributed by atoms with E-state index in [1.807, 2.05) is 0 Å². The minimum atomic E-state index is -2.11. The minimum absolute atomic E-state index is 0.0416. The molecule has 3 N–H and O–H groups in total. The lowest BCUT2D eigenvalue weighted by atomic mass is 9.95. The van der Waals surface area contributed by atoms with E-state index < -0.39 is 30.7 Å². The van der Waals surface area contributed by atoms with Gasteiger partial charge in [-0.25, -0.2) is 14.4 Å². The number of ether oxygens (including phenoxy) is 3. The van der Waals surface area contributed by atoms with Gasteiger partial charge in [-0.15, -0.1) is 0 Å². The van der Waals surface area contributed by atoms with Crippen LogP contribution in [0.2, 0.25) is 20.1 Å². The first kappa shape index (κ1) is 28.3. The quantitative estimate of drug-likeness (QED) is 0.237. The van der Waals surface area contributed by atoms with Crippen LogP contribution in [0.5, 0.6) is 0 Å². The number of fused-ring (bicyclic) bond motifs is 1. The molecule has 1 fully saturated rings. The van der Waals surface area contributed by atoms with Gasteiger partial charge >= 0.3 is 0 Å². The Hall–Kier alpha value is -2.21. The summed E-state index contributed by atoms with van der Waals surface area (Å²) in [6.07, 6.45) is -0.371. The third kappa shape index (κ3) is 5.68. The summed E-state index contributed by atoms with van der Waals surface area (Å²) in [5.74, 6) is 0.241. The lowest BCUT2D eigenvalue weighted by Crippen LogP contribution is -2.50. The van der Waals surface area contributed by atoms with Crippen LogP contribution in [0.1, 0.15) is 17.4 Å². The molecule has 3 heterocycles. The van der Waals surface area contributed by atoms with Crippen LogP contribution in [-0.2, 0) is 27.4 Å².